The first-order valence-electron chi connectivity index (χ1n) is 9.95. The van der Waals surface area contributed by atoms with E-state index >= 15 is 0 Å². The number of hydrogen-bond donors (Lipinski definition) is 3. The van der Waals surface area contributed by atoms with Crippen LogP contribution >= 0.6 is 12.4 Å². The molecule has 5 heteroatoms. The fourth-order valence-electron chi connectivity index (χ4n) is 2.72. The summed E-state index contributed by atoms with van der Waals surface area (Å²) in [5.74, 6) is 0.211. The van der Waals surface area contributed by atoms with Gasteiger partial charge in [-0.3, -0.25) is 4.79 Å². The van der Waals surface area contributed by atoms with Gasteiger partial charge in [0.05, 0.1) is 6.10 Å². The maximum Gasteiger partial charge on any atom is 0.164 e. The van der Waals surface area contributed by atoms with Gasteiger partial charge in [-0.2, -0.15) is 0 Å². The molecule has 0 bridgehead atoms. The molecule has 0 aliphatic carbocycles. The largest absolute Gasteiger partial charge is 0.388 e. The molecule has 0 unspecified atom stereocenters. The summed E-state index contributed by atoms with van der Waals surface area (Å²) < 4.78 is 0. The minimum atomic E-state index is -0.346. The molecule has 1 atom stereocenters. The third-order valence-electron chi connectivity index (χ3n) is 5.01. The summed E-state index contributed by atoms with van der Waals surface area (Å²) in [4.78, 5) is 11.6. The number of rotatable bonds is 8. The van der Waals surface area contributed by atoms with E-state index in [1.807, 2.05) is 45.3 Å². The normalized spacial score (nSPS) is 11.1. The van der Waals surface area contributed by atoms with E-state index in [2.05, 4.69) is 43.5 Å². The number of hydrogen-bond acceptors (Lipinski definition) is 4. The SMILES string of the molecule is CNCCC(=O)c1ccc(C)c(C)c1.CNCC[C@@H](O)c1ccc(C)c(C)c1.Cl. The van der Waals surface area contributed by atoms with Gasteiger partial charge in [-0.25, -0.2) is 0 Å². The van der Waals surface area contributed by atoms with Crippen LogP contribution in [0.5, 0.6) is 0 Å². The zero-order chi connectivity index (χ0) is 21.1. The second-order valence-electron chi connectivity index (χ2n) is 7.33. The van der Waals surface area contributed by atoms with E-state index in [1.54, 1.807) is 0 Å². The molecule has 0 saturated carbocycles. The van der Waals surface area contributed by atoms with Crippen molar-refractivity contribution in [3.8, 4) is 0 Å². The van der Waals surface area contributed by atoms with Gasteiger partial charge in [0.1, 0.15) is 0 Å². The predicted octanol–water partition coefficient (Wildman–Crippen LogP) is 4.46. The van der Waals surface area contributed by atoms with E-state index in [9.17, 15) is 9.90 Å². The Bertz CT molecular complexity index is 763. The number of ketones is 1. The number of halogens is 1. The van der Waals surface area contributed by atoms with Gasteiger partial charge in [-0.15, -0.1) is 12.4 Å². The van der Waals surface area contributed by atoms with Crippen LogP contribution in [0.4, 0.5) is 0 Å². The van der Waals surface area contributed by atoms with Crippen LogP contribution in [-0.2, 0) is 0 Å². The van der Waals surface area contributed by atoms with Gasteiger partial charge in [-0.05, 0) is 88.6 Å². The molecule has 0 amide bonds. The van der Waals surface area contributed by atoms with Gasteiger partial charge < -0.3 is 15.7 Å². The highest BCUT2D eigenvalue weighted by Crippen LogP contribution is 2.19. The van der Waals surface area contributed by atoms with Gasteiger partial charge in [0.2, 0.25) is 0 Å². The summed E-state index contributed by atoms with van der Waals surface area (Å²) in [5.41, 5.74) is 6.77. The Balaban J connectivity index is 0.000000523. The van der Waals surface area contributed by atoms with Gasteiger partial charge >= 0.3 is 0 Å². The van der Waals surface area contributed by atoms with Crippen LogP contribution in [-0.4, -0.2) is 38.1 Å². The van der Waals surface area contributed by atoms with E-state index in [-0.39, 0.29) is 24.3 Å². The average molecular weight is 421 g/mol. The van der Waals surface area contributed by atoms with Crippen molar-refractivity contribution in [1.82, 2.24) is 10.6 Å². The van der Waals surface area contributed by atoms with Gasteiger partial charge in [0.25, 0.3) is 0 Å². The molecule has 0 aliphatic heterocycles. The maximum absolute atomic E-state index is 11.6. The molecule has 2 aromatic carbocycles. The van der Waals surface area contributed by atoms with E-state index in [0.717, 1.165) is 30.6 Å². The summed E-state index contributed by atoms with van der Waals surface area (Å²) in [5, 5.41) is 15.8. The molecule has 2 rings (SSSR count). The minimum Gasteiger partial charge on any atom is -0.388 e. The zero-order valence-corrected chi connectivity index (χ0v) is 19.5. The number of aliphatic hydroxyl groups excluding tert-OH is 1. The molecular formula is C24H37ClN2O2. The molecule has 0 aromatic heterocycles. The lowest BCUT2D eigenvalue weighted by Gasteiger charge is -2.12. The summed E-state index contributed by atoms with van der Waals surface area (Å²) in [6.45, 7) is 9.82. The molecule has 0 fully saturated rings. The zero-order valence-electron chi connectivity index (χ0n) is 18.6. The third-order valence-corrected chi connectivity index (χ3v) is 5.01. The number of Topliss-reactive ketones (excluding diaryl/α,β-unsaturated/α-hetero) is 1. The predicted molar refractivity (Wildman–Crippen MR) is 125 cm³/mol. The van der Waals surface area contributed by atoms with E-state index in [4.69, 9.17) is 0 Å². The molecule has 0 spiro atoms. The van der Waals surface area contributed by atoms with Crippen LogP contribution in [0.25, 0.3) is 0 Å². The molecule has 0 heterocycles. The fourth-order valence-corrected chi connectivity index (χ4v) is 2.72. The summed E-state index contributed by atoms with van der Waals surface area (Å²) in [6.07, 6.45) is 0.986. The molecule has 4 nitrogen and oxygen atoms in total. The molecule has 162 valence electrons. The van der Waals surface area contributed by atoms with E-state index in [0.29, 0.717) is 6.42 Å². The molecule has 3 N–H and O–H groups in total. The topological polar surface area (TPSA) is 61.4 Å². The number of nitrogens with one attached hydrogen (secondary N) is 2. The number of aryl methyl sites for hydroxylation is 4. The van der Waals surface area contributed by atoms with E-state index < -0.39 is 0 Å². The smallest absolute Gasteiger partial charge is 0.164 e. The van der Waals surface area contributed by atoms with Gasteiger partial charge in [0, 0.05) is 18.5 Å². The van der Waals surface area contributed by atoms with Crippen molar-refractivity contribution in [2.75, 3.05) is 27.2 Å². The van der Waals surface area contributed by atoms with Gasteiger partial charge in [-0.1, -0.05) is 30.3 Å². The highest BCUT2D eigenvalue weighted by molar-refractivity contribution is 5.96. The number of carbonyl (C=O) groups is 1. The Morgan fingerprint density at radius 2 is 1.41 bits per heavy atom. The molecule has 0 radical (unpaired) electrons. The Hall–Kier alpha value is -1.72. The highest BCUT2D eigenvalue weighted by Gasteiger charge is 2.07. The van der Waals surface area contributed by atoms with Crippen molar-refractivity contribution in [2.45, 2.75) is 46.6 Å². The third kappa shape index (κ3) is 9.55. The Morgan fingerprint density at radius 3 is 1.93 bits per heavy atom. The molecule has 2 aromatic rings. The molecule has 29 heavy (non-hydrogen) atoms. The number of aliphatic hydroxyl groups is 1. The Labute approximate surface area is 182 Å². The Morgan fingerprint density at radius 1 is 0.862 bits per heavy atom. The van der Waals surface area contributed by atoms with Crippen molar-refractivity contribution in [2.24, 2.45) is 0 Å². The van der Waals surface area contributed by atoms with Crippen LogP contribution in [0.3, 0.4) is 0 Å². The van der Waals surface area contributed by atoms with Crippen molar-refractivity contribution in [3.63, 3.8) is 0 Å². The first kappa shape index (κ1) is 27.3. The lowest BCUT2D eigenvalue weighted by Crippen LogP contribution is -2.13. The molecular weight excluding hydrogens is 384 g/mol. The molecule has 0 aliphatic rings. The highest BCUT2D eigenvalue weighted by atomic mass is 35.5. The summed E-state index contributed by atoms with van der Waals surface area (Å²) in [7, 11) is 3.75. The average Bonchev–Trinajstić information content (AvgIpc) is 2.68. The monoisotopic (exact) mass is 420 g/mol. The van der Waals surface area contributed by atoms with E-state index in [1.165, 1.54) is 22.3 Å². The fraction of sp³-hybridized carbons (Fsp3) is 0.458. The first-order valence-corrected chi connectivity index (χ1v) is 9.95. The van der Waals surface area contributed by atoms with Crippen molar-refractivity contribution in [3.05, 3.63) is 69.8 Å². The van der Waals surface area contributed by atoms with Crippen molar-refractivity contribution >= 4 is 18.2 Å². The summed E-state index contributed by atoms with van der Waals surface area (Å²) in [6, 6.07) is 12.0. The van der Waals surface area contributed by atoms with Crippen LogP contribution in [0.1, 0.15) is 57.1 Å². The lowest BCUT2D eigenvalue weighted by molar-refractivity contribution is 0.0983. The molecule has 0 saturated heterocycles. The van der Waals surface area contributed by atoms with Crippen LogP contribution in [0, 0.1) is 27.7 Å². The number of carbonyl (C=O) groups excluding carboxylic acids is 1. The van der Waals surface area contributed by atoms with Gasteiger partial charge in [0.15, 0.2) is 5.78 Å². The number of benzene rings is 2. The minimum absolute atomic E-state index is 0. The van der Waals surface area contributed by atoms with Crippen LogP contribution in [0.2, 0.25) is 0 Å². The van der Waals surface area contributed by atoms with Crippen molar-refractivity contribution < 1.29 is 9.90 Å². The van der Waals surface area contributed by atoms with Crippen LogP contribution in [0.15, 0.2) is 36.4 Å². The quantitative estimate of drug-likeness (QED) is 0.551. The lowest BCUT2D eigenvalue weighted by atomic mass is 10.0. The first-order chi connectivity index (χ1) is 13.3. The Kier molecular flexibility index (Phi) is 13.4. The maximum atomic E-state index is 11.6. The second-order valence-corrected chi connectivity index (χ2v) is 7.33. The van der Waals surface area contributed by atoms with Crippen LogP contribution < -0.4 is 10.6 Å². The van der Waals surface area contributed by atoms with Crippen molar-refractivity contribution in [1.29, 1.82) is 0 Å². The summed E-state index contributed by atoms with van der Waals surface area (Å²) >= 11 is 0. The second kappa shape index (κ2) is 14.3. The standard InChI is InChI=1S/C12H19NO.C12H17NO.ClH/c2*1-9-4-5-11(8-10(9)2)12(14)6-7-13-3;/h4-5,8,12-14H,6-7H2,1-3H3;4-5,8,13H,6-7H2,1-3H3;1H/t12-;;/m1../s1.